The number of esters is 1. The van der Waals surface area contributed by atoms with Gasteiger partial charge in [-0.05, 0) is 51.3 Å². The van der Waals surface area contributed by atoms with Crippen molar-refractivity contribution in [3.05, 3.63) is 41.5 Å². The van der Waals surface area contributed by atoms with E-state index >= 15 is 0 Å². The molecule has 0 aliphatic carbocycles. The van der Waals surface area contributed by atoms with Crippen LogP contribution in [0.15, 0.2) is 35.9 Å². The van der Waals surface area contributed by atoms with E-state index in [-0.39, 0.29) is 12.1 Å². The number of benzene rings is 1. The highest BCUT2D eigenvalue weighted by molar-refractivity contribution is 5.73. The molecule has 1 aromatic rings. The molecule has 1 fully saturated rings. The van der Waals surface area contributed by atoms with Crippen molar-refractivity contribution in [3.63, 3.8) is 0 Å². The van der Waals surface area contributed by atoms with Gasteiger partial charge in [0.1, 0.15) is 17.5 Å². The van der Waals surface area contributed by atoms with E-state index in [1.807, 2.05) is 31.2 Å². The highest BCUT2D eigenvalue weighted by Gasteiger charge is 2.45. The van der Waals surface area contributed by atoms with Gasteiger partial charge in [0, 0.05) is 0 Å². The van der Waals surface area contributed by atoms with Crippen molar-refractivity contribution in [3.8, 4) is 5.75 Å². The second-order valence-corrected chi connectivity index (χ2v) is 6.46. The molecule has 1 aromatic carbocycles. The van der Waals surface area contributed by atoms with E-state index in [0.29, 0.717) is 13.0 Å². The molecule has 1 aliphatic rings. The third-order valence-electron chi connectivity index (χ3n) is 4.18. The fraction of sp³-hybridized carbons (Fsp3) is 0.526. The molecule has 4 heteroatoms. The fourth-order valence-corrected chi connectivity index (χ4v) is 2.75. The maximum absolute atomic E-state index is 11.7. The number of ether oxygens (including phenoxy) is 3. The molecule has 1 saturated heterocycles. The maximum Gasteiger partial charge on any atom is 0.309 e. The van der Waals surface area contributed by atoms with E-state index in [1.54, 1.807) is 7.11 Å². The quantitative estimate of drug-likeness (QED) is 0.562. The van der Waals surface area contributed by atoms with E-state index in [2.05, 4.69) is 19.9 Å². The molecule has 0 amide bonds. The van der Waals surface area contributed by atoms with Crippen LogP contribution in [0.3, 0.4) is 0 Å². The Morgan fingerprint density at radius 1 is 1.35 bits per heavy atom. The fourth-order valence-electron chi connectivity index (χ4n) is 2.75. The molecule has 1 aliphatic heterocycles. The molecule has 2 rings (SSSR count). The zero-order valence-electron chi connectivity index (χ0n) is 14.4. The third-order valence-corrected chi connectivity index (χ3v) is 4.18. The molecule has 0 N–H and O–H groups in total. The molecule has 2 atom stereocenters. The average molecular weight is 318 g/mol. The highest BCUT2D eigenvalue weighted by atomic mass is 16.6. The van der Waals surface area contributed by atoms with Gasteiger partial charge in [-0.1, -0.05) is 23.8 Å². The lowest BCUT2D eigenvalue weighted by molar-refractivity contribution is -0.151. The summed E-state index contributed by atoms with van der Waals surface area (Å²) in [6, 6.07) is 7.75. The van der Waals surface area contributed by atoms with Gasteiger partial charge in [0.05, 0.1) is 20.1 Å². The van der Waals surface area contributed by atoms with Gasteiger partial charge in [0.2, 0.25) is 0 Å². The molecule has 0 radical (unpaired) electrons. The molecule has 0 unspecified atom stereocenters. The number of allylic oxidation sites excluding steroid dienone is 2. The van der Waals surface area contributed by atoms with Crippen molar-refractivity contribution in [2.24, 2.45) is 0 Å². The van der Waals surface area contributed by atoms with Crippen LogP contribution < -0.4 is 4.74 Å². The van der Waals surface area contributed by atoms with Crippen molar-refractivity contribution in [2.45, 2.75) is 58.3 Å². The summed E-state index contributed by atoms with van der Waals surface area (Å²) in [5.74, 6) is 0.643. The number of cyclic esters (lactones) is 1. The van der Waals surface area contributed by atoms with Crippen molar-refractivity contribution in [1.82, 2.24) is 0 Å². The second kappa shape index (κ2) is 7.64. The summed E-state index contributed by atoms with van der Waals surface area (Å²) in [7, 11) is 1.64. The lowest BCUT2D eigenvalue weighted by Gasteiger charge is -2.29. The molecule has 0 spiro atoms. The van der Waals surface area contributed by atoms with Gasteiger partial charge in [-0.25, -0.2) is 0 Å². The van der Waals surface area contributed by atoms with Crippen LogP contribution in [-0.2, 0) is 20.9 Å². The van der Waals surface area contributed by atoms with Gasteiger partial charge >= 0.3 is 5.97 Å². The molecule has 4 nitrogen and oxygen atoms in total. The van der Waals surface area contributed by atoms with Gasteiger partial charge < -0.3 is 14.2 Å². The van der Waals surface area contributed by atoms with Crippen LogP contribution in [0.4, 0.5) is 0 Å². The summed E-state index contributed by atoms with van der Waals surface area (Å²) in [6.45, 7) is 6.57. The first-order valence-corrected chi connectivity index (χ1v) is 8.02. The molecule has 0 aromatic heterocycles. The minimum absolute atomic E-state index is 0.176. The van der Waals surface area contributed by atoms with E-state index in [9.17, 15) is 4.79 Å². The third kappa shape index (κ3) is 4.83. The molecular formula is C19H26O4. The summed E-state index contributed by atoms with van der Waals surface area (Å²) < 4.78 is 16.7. The smallest absolute Gasteiger partial charge is 0.309 e. The molecule has 126 valence electrons. The Morgan fingerprint density at radius 2 is 2.04 bits per heavy atom. The lowest BCUT2D eigenvalue weighted by Crippen LogP contribution is -2.37. The largest absolute Gasteiger partial charge is 0.497 e. The van der Waals surface area contributed by atoms with Crippen LogP contribution in [-0.4, -0.2) is 24.8 Å². The standard InChI is InChI=1S/C19H26O4/c1-14(2)6-5-11-19(3)17(12-18(20)23-19)22-13-15-7-9-16(21-4)10-8-15/h6-10,17H,5,11-13H2,1-4H3/t17-,19-/m0/s1. The van der Waals surface area contributed by atoms with Crippen LogP contribution in [0, 0.1) is 0 Å². The molecule has 0 bridgehead atoms. The Morgan fingerprint density at radius 3 is 2.65 bits per heavy atom. The Labute approximate surface area is 138 Å². The molecule has 1 heterocycles. The van der Waals surface area contributed by atoms with Crippen molar-refractivity contribution >= 4 is 5.97 Å². The average Bonchev–Trinajstić information content (AvgIpc) is 2.79. The highest BCUT2D eigenvalue weighted by Crippen LogP contribution is 2.34. The van der Waals surface area contributed by atoms with Gasteiger partial charge in [-0.15, -0.1) is 0 Å². The molecule has 0 saturated carbocycles. The normalized spacial score (nSPS) is 23.5. The zero-order chi connectivity index (χ0) is 16.9. The van der Waals surface area contributed by atoms with Crippen molar-refractivity contribution in [1.29, 1.82) is 0 Å². The summed E-state index contributed by atoms with van der Waals surface area (Å²) in [5, 5.41) is 0. The number of hydrogen-bond acceptors (Lipinski definition) is 4. The van der Waals surface area contributed by atoms with Crippen molar-refractivity contribution < 1.29 is 19.0 Å². The SMILES string of the molecule is COc1ccc(CO[C@H]2CC(=O)O[C@@]2(C)CCC=C(C)C)cc1. The summed E-state index contributed by atoms with van der Waals surface area (Å²) in [5.41, 5.74) is 1.78. The maximum atomic E-state index is 11.7. The predicted octanol–water partition coefficient (Wildman–Crippen LogP) is 4.03. The summed E-state index contributed by atoms with van der Waals surface area (Å²) >= 11 is 0. The minimum Gasteiger partial charge on any atom is -0.497 e. The van der Waals surface area contributed by atoms with E-state index < -0.39 is 5.60 Å². The Balaban J connectivity index is 1.95. The van der Waals surface area contributed by atoms with E-state index in [0.717, 1.165) is 24.2 Å². The van der Waals surface area contributed by atoms with E-state index in [1.165, 1.54) is 5.57 Å². The van der Waals surface area contributed by atoms with Crippen molar-refractivity contribution in [2.75, 3.05) is 7.11 Å². The lowest BCUT2D eigenvalue weighted by atomic mass is 9.93. The first-order valence-electron chi connectivity index (χ1n) is 8.02. The monoisotopic (exact) mass is 318 g/mol. The molecular weight excluding hydrogens is 292 g/mol. The number of rotatable bonds is 7. The second-order valence-electron chi connectivity index (χ2n) is 6.46. The Bertz CT molecular complexity index is 557. The van der Waals surface area contributed by atoms with Crippen LogP contribution in [0.2, 0.25) is 0 Å². The minimum atomic E-state index is -0.546. The Hall–Kier alpha value is -1.81. The topological polar surface area (TPSA) is 44.8 Å². The predicted molar refractivity (Wildman–Crippen MR) is 89.4 cm³/mol. The summed E-state index contributed by atoms with van der Waals surface area (Å²) in [4.78, 5) is 11.7. The first-order chi connectivity index (χ1) is 10.9. The molecule has 23 heavy (non-hydrogen) atoms. The van der Waals surface area contributed by atoms with Crippen LogP contribution >= 0.6 is 0 Å². The zero-order valence-corrected chi connectivity index (χ0v) is 14.4. The van der Waals surface area contributed by atoms with Crippen LogP contribution in [0.25, 0.3) is 0 Å². The van der Waals surface area contributed by atoms with E-state index in [4.69, 9.17) is 14.2 Å². The number of hydrogen-bond donors (Lipinski definition) is 0. The Kier molecular flexibility index (Phi) is 5.83. The number of carbonyl (C=O) groups is 1. The van der Waals surface area contributed by atoms with Gasteiger partial charge in [0.15, 0.2) is 0 Å². The van der Waals surface area contributed by atoms with Gasteiger partial charge in [0.25, 0.3) is 0 Å². The van der Waals surface area contributed by atoms with Gasteiger partial charge in [-0.2, -0.15) is 0 Å². The van der Waals surface area contributed by atoms with Gasteiger partial charge in [-0.3, -0.25) is 4.79 Å². The van der Waals surface area contributed by atoms with Crippen LogP contribution in [0.5, 0.6) is 5.75 Å². The van der Waals surface area contributed by atoms with Crippen LogP contribution in [0.1, 0.15) is 45.6 Å². The number of carbonyl (C=O) groups excluding carboxylic acids is 1. The summed E-state index contributed by atoms with van der Waals surface area (Å²) in [6.07, 6.45) is 3.94. The first kappa shape index (κ1) is 17.5. The number of methoxy groups -OCH3 is 1.